The third-order valence-corrected chi connectivity index (χ3v) is 6.44. The molecule has 0 N–H and O–H groups in total. The van der Waals surface area contributed by atoms with Gasteiger partial charge in [-0.2, -0.15) is 4.99 Å². The van der Waals surface area contributed by atoms with E-state index in [2.05, 4.69) is 4.99 Å². The average Bonchev–Trinajstić information content (AvgIpc) is 3.20. The number of benzene rings is 1. The van der Waals surface area contributed by atoms with Crippen LogP contribution in [-0.2, 0) is 11.3 Å². The molecule has 0 atom stereocenters. The summed E-state index contributed by atoms with van der Waals surface area (Å²) < 4.78 is 1.98. The summed E-state index contributed by atoms with van der Waals surface area (Å²) in [5, 5.41) is 3.33. The summed E-state index contributed by atoms with van der Waals surface area (Å²) in [6.07, 6.45) is 7.02. The van der Waals surface area contributed by atoms with Crippen molar-refractivity contribution in [1.29, 1.82) is 0 Å². The molecule has 0 spiro atoms. The molecule has 0 bridgehead atoms. The summed E-state index contributed by atoms with van der Waals surface area (Å²) in [6, 6.07) is 7.76. The molecule has 0 saturated heterocycles. The Hall–Kier alpha value is -1.04. The Morgan fingerprint density at radius 1 is 1.35 bits per heavy atom. The maximum atomic E-state index is 12.1. The first kappa shape index (κ1) is 16.8. The molecular formula is C17H19ClN2OS2. The van der Waals surface area contributed by atoms with Crippen molar-refractivity contribution in [1.82, 2.24) is 4.57 Å². The van der Waals surface area contributed by atoms with Gasteiger partial charge in [-0.1, -0.05) is 42.6 Å². The van der Waals surface area contributed by atoms with Crippen molar-refractivity contribution in [2.24, 2.45) is 4.99 Å². The standard InChI is InChI=1S/C17H19ClN2OS2/c18-15-8-4-1-5-13(15)11-20-9-10-22-17(20)19-16(21)12-23-14-6-2-3-7-14/h1,4-5,8-10,14H,2-3,6-7,11-12H2. The van der Waals surface area contributed by atoms with Crippen LogP contribution < -0.4 is 4.80 Å². The molecule has 1 saturated carbocycles. The summed E-state index contributed by atoms with van der Waals surface area (Å²) in [4.78, 5) is 17.1. The fourth-order valence-corrected chi connectivity index (χ4v) is 4.75. The van der Waals surface area contributed by atoms with Gasteiger partial charge < -0.3 is 4.57 Å². The molecule has 122 valence electrons. The molecule has 0 radical (unpaired) electrons. The van der Waals surface area contributed by atoms with Crippen LogP contribution in [0.5, 0.6) is 0 Å². The van der Waals surface area contributed by atoms with Gasteiger partial charge in [0.25, 0.3) is 5.91 Å². The molecule has 1 heterocycles. The van der Waals surface area contributed by atoms with E-state index in [0.717, 1.165) is 15.4 Å². The van der Waals surface area contributed by atoms with E-state index in [1.54, 1.807) is 11.8 Å². The summed E-state index contributed by atoms with van der Waals surface area (Å²) >= 11 is 9.45. The second-order valence-electron chi connectivity index (χ2n) is 5.63. The van der Waals surface area contributed by atoms with Gasteiger partial charge in [-0.05, 0) is 24.5 Å². The SMILES string of the molecule is O=C(CSC1CCCC1)N=c1sccn1Cc1ccccc1Cl. The lowest BCUT2D eigenvalue weighted by atomic mass is 10.2. The van der Waals surface area contributed by atoms with E-state index in [4.69, 9.17) is 11.6 Å². The molecule has 0 aliphatic heterocycles. The minimum absolute atomic E-state index is 0.0442. The van der Waals surface area contributed by atoms with Crippen LogP contribution in [0, 0.1) is 0 Å². The van der Waals surface area contributed by atoms with Crippen LogP contribution in [-0.4, -0.2) is 21.5 Å². The van der Waals surface area contributed by atoms with E-state index in [0.29, 0.717) is 17.5 Å². The second-order valence-corrected chi connectivity index (χ2v) is 8.20. The molecule has 1 amide bonds. The van der Waals surface area contributed by atoms with Crippen molar-refractivity contribution in [3.8, 4) is 0 Å². The van der Waals surface area contributed by atoms with E-state index in [-0.39, 0.29) is 5.91 Å². The van der Waals surface area contributed by atoms with Gasteiger partial charge in [-0.15, -0.1) is 23.1 Å². The molecule has 23 heavy (non-hydrogen) atoms. The number of carbonyl (C=O) groups excluding carboxylic acids is 1. The third kappa shape index (κ3) is 4.72. The van der Waals surface area contributed by atoms with Crippen LogP contribution in [0.2, 0.25) is 5.02 Å². The van der Waals surface area contributed by atoms with E-state index >= 15 is 0 Å². The normalized spacial score (nSPS) is 16.1. The molecule has 1 aromatic heterocycles. The smallest absolute Gasteiger partial charge is 0.258 e. The maximum absolute atomic E-state index is 12.1. The Kier molecular flexibility index (Phi) is 5.97. The first-order valence-corrected chi connectivity index (χ1v) is 10.1. The number of nitrogens with zero attached hydrogens (tertiary/aromatic N) is 2. The predicted octanol–water partition coefficient (Wildman–Crippen LogP) is 4.35. The quantitative estimate of drug-likeness (QED) is 0.788. The molecule has 0 unspecified atom stereocenters. The Morgan fingerprint density at radius 3 is 2.91 bits per heavy atom. The van der Waals surface area contributed by atoms with E-state index in [9.17, 15) is 4.79 Å². The number of amides is 1. The van der Waals surface area contributed by atoms with Gasteiger partial charge in [0, 0.05) is 21.8 Å². The van der Waals surface area contributed by atoms with Gasteiger partial charge in [0.1, 0.15) is 0 Å². The molecule has 2 aromatic rings. The number of thiazole rings is 1. The molecule has 1 aliphatic rings. The Morgan fingerprint density at radius 2 is 2.13 bits per heavy atom. The highest BCUT2D eigenvalue weighted by Crippen LogP contribution is 2.29. The van der Waals surface area contributed by atoms with Crippen molar-refractivity contribution >= 4 is 40.6 Å². The van der Waals surface area contributed by atoms with Gasteiger partial charge in [0.2, 0.25) is 0 Å². The molecule has 1 aromatic carbocycles. The highest BCUT2D eigenvalue weighted by atomic mass is 35.5. The third-order valence-electron chi connectivity index (χ3n) is 3.92. The zero-order valence-electron chi connectivity index (χ0n) is 12.8. The lowest BCUT2D eigenvalue weighted by Crippen LogP contribution is -2.18. The van der Waals surface area contributed by atoms with Crippen LogP contribution >= 0.6 is 34.7 Å². The summed E-state index contributed by atoms with van der Waals surface area (Å²) in [5.41, 5.74) is 1.03. The van der Waals surface area contributed by atoms with Gasteiger partial charge in [-0.25, -0.2) is 0 Å². The minimum atomic E-state index is -0.0442. The number of rotatable bonds is 5. The fraction of sp³-hybridized carbons (Fsp3) is 0.412. The van der Waals surface area contributed by atoms with Crippen LogP contribution in [0.1, 0.15) is 31.2 Å². The van der Waals surface area contributed by atoms with E-state index < -0.39 is 0 Å². The fourth-order valence-electron chi connectivity index (χ4n) is 2.70. The van der Waals surface area contributed by atoms with E-state index in [1.807, 2.05) is 40.4 Å². The first-order valence-electron chi connectivity index (χ1n) is 7.79. The average molecular weight is 367 g/mol. The molecular weight excluding hydrogens is 348 g/mol. The number of hydrogen-bond acceptors (Lipinski definition) is 3. The minimum Gasteiger partial charge on any atom is -0.319 e. The first-order chi connectivity index (χ1) is 11.2. The van der Waals surface area contributed by atoms with Crippen LogP contribution in [0.15, 0.2) is 40.8 Å². The van der Waals surface area contributed by atoms with Gasteiger partial charge >= 0.3 is 0 Å². The zero-order valence-corrected chi connectivity index (χ0v) is 15.2. The second kappa shape index (κ2) is 8.18. The van der Waals surface area contributed by atoms with Crippen molar-refractivity contribution in [2.75, 3.05) is 5.75 Å². The molecule has 6 heteroatoms. The van der Waals surface area contributed by atoms with Crippen molar-refractivity contribution in [3.05, 3.63) is 51.2 Å². The lowest BCUT2D eigenvalue weighted by molar-refractivity contribution is -0.115. The summed E-state index contributed by atoms with van der Waals surface area (Å²) in [7, 11) is 0. The van der Waals surface area contributed by atoms with Crippen LogP contribution in [0.4, 0.5) is 0 Å². The summed E-state index contributed by atoms with van der Waals surface area (Å²) in [6.45, 7) is 0.630. The zero-order chi connectivity index (χ0) is 16.1. The lowest BCUT2D eigenvalue weighted by Gasteiger charge is -2.06. The van der Waals surface area contributed by atoms with Crippen molar-refractivity contribution in [3.63, 3.8) is 0 Å². The Bertz CT molecular complexity index is 732. The van der Waals surface area contributed by atoms with Crippen molar-refractivity contribution in [2.45, 2.75) is 37.5 Å². The molecule has 3 nitrogen and oxygen atoms in total. The van der Waals surface area contributed by atoms with Gasteiger partial charge in [-0.3, -0.25) is 4.79 Å². The number of thioether (sulfide) groups is 1. The maximum Gasteiger partial charge on any atom is 0.258 e. The number of hydrogen-bond donors (Lipinski definition) is 0. The van der Waals surface area contributed by atoms with Crippen molar-refractivity contribution < 1.29 is 4.79 Å². The highest BCUT2D eigenvalue weighted by molar-refractivity contribution is 8.00. The van der Waals surface area contributed by atoms with E-state index in [1.165, 1.54) is 37.0 Å². The number of halogens is 1. The topological polar surface area (TPSA) is 34.4 Å². The Labute approximate surface area is 149 Å². The van der Waals surface area contributed by atoms with Gasteiger partial charge in [0.05, 0.1) is 12.3 Å². The largest absolute Gasteiger partial charge is 0.319 e. The highest BCUT2D eigenvalue weighted by Gasteiger charge is 2.16. The molecule has 1 fully saturated rings. The molecule has 3 rings (SSSR count). The van der Waals surface area contributed by atoms with Gasteiger partial charge in [0.15, 0.2) is 4.80 Å². The molecule has 1 aliphatic carbocycles. The van der Waals surface area contributed by atoms with Crippen LogP contribution in [0.3, 0.4) is 0 Å². The number of aromatic nitrogens is 1. The van der Waals surface area contributed by atoms with Crippen LogP contribution in [0.25, 0.3) is 0 Å². The monoisotopic (exact) mass is 366 g/mol. The Balaban J connectivity index is 1.67. The summed E-state index contributed by atoms with van der Waals surface area (Å²) in [5.74, 6) is 0.437. The number of carbonyl (C=O) groups is 1. The predicted molar refractivity (Wildman–Crippen MR) is 98.1 cm³/mol.